The van der Waals surface area contributed by atoms with Crippen molar-refractivity contribution in [2.75, 3.05) is 12.4 Å². The quantitative estimate of drug-likeness (QED) is 0.656. The molecule has 0 saturated heterocycles. The first-order valence-electron chi connectivity index (χ1n) is 6.17. The van der Waals surface area contributed by atoms with Gasteiger partial charge in [0.15, 0.2) is 11.6 Å². The molecule has 1 amide bonds. The summed E-state index contributed by atoms with van der Waals surface area (Å²) in [7, 11) is 1.20. The molecule has 4 nitrogen and oxygen atoms in total. The van der Waals surface area contributed by atoms with Crippen LogP contribution in [0, 0.1) is 11.6 Å². The van der Waals surface area contributed by atoms with Crippen molar-refractivity contribution >= 4 is 40.8 Å². The van der Waals surface area contributed by atoms with Crippen LogP contribution in [0.15, 0.2) is 30.3 Å². The maximum atomic E-state index is 13.3. The Morgan fingerprint density at radius 3 is 2.35 bits per heavy atom. The SMILES string of the molecule is COC(=O)c1ccc(Cl)c(NC(=O)c2cc(F)c(F)cc2Cl)c1. The topological polar surface area (TPSA) is 55.4 Å². The zero-order valence-electron chi connectivity index (χ0n) is 11.6. The standard InChI is InChI=1S/C15H9Cl2F2NO3/c1-23-15(22)7-2-3-9(16)13(4-7)20-14(21)8-5-11(18)12(19)6-10(8)17/h2-6H,1H3,(H,20,21). The number of anilines is 1. The van der Waals surface area contributed by atoms with Crippen LogP contribution in [0.3, 0.4) is 0 Å². The molecule has 8 heteroatoms. The van der Waals surface area contributed by atoms with E-state index in [4.69, 9.17) is 23.2 Å². The summed E-state index contributed by atoms with van der Waals surface area (Å²) in [6, 6.07) is 5.45. The van der Waals surface area contributed by atoms with E-state index in [1.165, 1.54) is 25.3 Å². The first kappa shape index (κ1) is 17.2. The highest BCUT2D eigenvalue weighted by molar-refractivity contribution is 6.36. The van der Waals surface area contributed by atoms with Gasteiger partial charge in [-0.15, -0.1) is 0 Å². The molecule has 0 unspecified atom stereocenters. The molecule has 0 atom stereocenters. The molecule has 1 N–H and O–H groups in total. The van der Waals surface area contributed by atoms with Gasteiger partial charge in [-0.3, -0.25) is 4.79 Å². The van der Waals surface area contributed by atoms with Crippen LogP contribution >= 0.6 is 23.2 Å². The van der Waals surface area contributed by atoms with Gasteiger partial charge in [0.25, 0.3) is 5.91 Å². The van der Waals surface area contributed by atoms with Crippen molar-refractivity contribution in [3.05, 3.63) is 63.1 Å². The molecule has 0 fully saturated rings. The molecule has 23 heavy (non-hydrogen) atoms. The number of benzene rings is 2. The van der Waals surface area contributed by atoms with Crippen LogP contribution in [-0.2, 0) is 4.74 Å². The highest BCUT2D eigenvalue weighted by atomic mass is 35.5. The van der Waals surface area contributed by atoms with Crippen molar-refractivity contribution in [1.29, 1.82) is 0 Å². The van der Waals surface area contributed by atoms with Crippen LogP contribution in [0.25, 0.3) is 0 Å². The minimum absolute atomic E-state index is 0.0976. The summed E-state index contributed by atoms with van der Waals surface area (Å²) in [5.41, 5.74) is -0.0194. The third-order valence-electron chi connectivity index (χ3n) is 2.89. The van der Waals surface area contributed by atoms with Gasteiger partial charge in [0.05, 0.1) is 34.0 Å². The second-order valence-corrected chi connectivity index (χ2v) is 5.20. The van der Waals surface area contributed by atoms with E-state index in [1.54, 1.807) is 0 Å². The van der Waals surface area contributed by atoms with Gasteiger partial charge >= 0.3 is 5.97 Å². The summed E-state index contributed by atoms with van der Waals surface area (Å²) in [4.78, 5) is 23.6. The van der Waals surface area contributed by atoms with Gasteiger partial charge < -0.3 is 10.1 Å². The number of ether oxygens (including phenoxy) is 1. The number of rotatable bonds is 3. The lowest BCUT2D eigenvalue weighted by Gasteiger charge is -2.10. The van der Waals surface area contributed by atoms with Gasteiger partial charge in [0.2, 0.25) is 0 Å². The Morgan fingerprint density at radius 2 is 1.70 bits per heavy atom. The Labute approximate surface area is 140 Å². The number of esters is 1. The van der Waals surface area contributed by atoms with Crippen molar-refractivity contribution in [3.63, 3.8) is 0 Å². The first-order chi connectivity index (χ1) is 10.8. The third-order valence-corrected chi connectivity index (χ3v) is 3.53. The van der Waals surface area contributed by atoms with Crippen LogP contribution in [-0.4, -0.2) is 19.0 Å². The average Bonchev–Trinajstić information content (AvgIpc) is 2.52. The fourth-order valence-electron chi connectivity index (χ4n) is 1.75. The molecule has 0 aliphatic heterocycles. The number of hydrogen-bond acceptors (Lipinski definition) is 3. The number of carbonyl (C=O) groups is 2. The Kier molecular flexibility index (Phi) is 5.18. The summed E-state index contributed by atoms with van der Waals surface area (Å²) in [6.45, 7) is 0. The zero-order valence-corrected chi connectivity index (χ0v) is 13.1. The lowest BCUT2D eigenvalue weighted by Crippen LogP contribution is -2.14. The molecular weight excluding hydrogens is 351 g/mol. The summed E-state index contributed by atoms with van der Waals surface area (Å²) in [5.74, 6) is -3.81. The molecule has 0 saturated carbocycles. The average molecular weight is 360 g/mol. The van der Waals surface area contributed by atoms with Crippen molar-refractivity contribution in [3.8, 4) is 0 Å². The van der Waals surface area contributed by atoms with Gasteiger partial charge in [-0.1, -0.05) is 23.2 Å². The summed E-state index contributed by atoms with van der Waals surface area (Å²) < 4.78 is 30.8. The second-order valence-electron chi connectivity index (χ2n) is 4.39. The maximum Gasteiger partial charge on any atom is 0.337 e. The molecule has 0 spiro atoms. The lowest BCUT2D eigenvalue weighted by atomic mass is 10.1. The predicted octanol–water partition coefficient (Wildman–Crippen LogP) is 4.31. The molecule has 0 bridgehead atoms. The first-order valence-corrected chi connectivity index (χ1v) is 6.93. The van der Waals surface area contributed by atoms with E-state index in [0.717, 1.165) is 0 Å². The van der Waals surface area contributed by atoms with Gasteiger partial charge in [0.1, 0.15) is 0 Å². The molecule has 2 aromatic rings. The monoisotopic (exact) mass is 359 g/mol. The van der Waals surface area contributed by atoms with Crippen LogP contribution < -0.4 is 5.32 Å². The number of methoxy groups -OCH3 is 1. The van der Waals surface area contributed by atoms with Gasteiger partial charge in [-0.25, -0.2) is 13.6 Å². The van der Waals surface area contributed by atoms with Crippen molar-refractivity contribution < 1.29 is 23.1 Å². The van der Waals surface area contributed by atoms with Crippen LogP contribution in [0.5, 0.6) is 0 Å². The van der Waals surface area contributed by atoms with Crippen molar-refractivity contribution in [1.82, 2.24) is 0 Å². The van der Waals surface area contributed by atoms with E-state index in [1.807, 2.05) is 0 Å². The largest absolute Gasteiger partial charge is 0.465 e. The van der Waals surface area contributed by atoms with E-state index < -0.39 is 23.5 Å². The molecule has 0 aliphatic rings. The van der Waals surface area contributed by atoms with Gasteiger partial charge in [-0.2, -0.15) is 0 Å². The van der Waals surface area contributed by atoms with E-state index in [-0.39, 0.29) is 26.9 Å². The number of hydrogen-bond donors (Lipinski definition) is 1. The number of amides is 1. The van der Waals surface area contributed by atoms with Gasteiger partial charge in [-0.05, 0) is 30.3 Å². The molecule has 0 aromatic heterocycles. The van der Waals surface area contributed by atoms with E-state index in [0.29, 0.717) is 12.1 Å². The van der Waals surface area contributed by atoms with Gasteiger partial charge in [0, 0.05) is 0 Å². The summed E-state index contributed by atoms with van der Waals surface area (Å²) >= 11 is 11.7. The molecular formula is C15H9Cl2F2NO3. The summed E-state index contributed by atoms with van der Waals surface area (Å²) in [6.07, 6.45) is 0. The Balaban J connectivity index is 2.34. The van der Waals surface area contributed by atoms with E-state index in [2.05, 4.69) is 10.1 Å². The predicted molar refractivity (Wildman–Crippen MR) is 82.1 cm³/mol. The minimum atomic E-state index is -1.21. The molecule has 0 radical (unpaired) electrons. The van der Waals surface area contributed by atoms with Crippen LogP contribution in [0.4, 0.5) is 14.5 Å². The second kappa shape index (κ2) is 6.93. The molecule has 2 aromatic carbocycles. The minimum Gasteiger partial charge on any atom is -0.465 e. The van der Waals surface area contributed by atoms with Crippen LogP contribution in [0.2, 0.25) is 10.0 Å². The normalized spacial score (nSPS) is 10.3. The molecule has 0 aliphatic carbocycles. The van der Waals surface area contributed by atoms with Crippen LogP contribution in [0.1, 0.15) is 20.7 Å². The number of halogens is 4. The number of carbonyl (C=O) groups excluding carboxylic acids is 2. The van der Waals surface area contributed by atoms with Crippen molar-refractivity contribution in [2.24, 2.45) is 0 Å². The molecule has 2 rings (SSSR count). The third kappa shape index (κ3) is 3.78. The Morgan fingerprint density at radius 1 is 1.04 bits per heavy atom. The molecule has 120 valence electrons. The fourth-order valence-corrected chi connectivity index (χ4v) is 2.15. The smallest absolute Gasteiger partial charge is 0.337 e. The summed E-state index contributed by atoms with van der Waals surface area (Å²) in [5, 5.41) is 2.26. The Hall–Kier alpha value is -2.18. The fraction of sp³-hybridized carbons (Fsp3) is 0.0667. The molecule has 0 heterocycles. The number of nitrogens with one attached hydrogen (secondary N) is 1. The highest BCUT2D eigenvalue weighted by Crippen LogP contribution is 2.26. The Bertz CT molecular complexity index is 797. The maximum absolute atomic E-state index is 13.3. The lowest BCUT2D eigenvalue weighted by molar-refractivity contribution is 0.0600. The zero-order chi connectivity index (χ0) is 17.1. The highest BCUT2D eigenvalue weighted by Gasteiger charge is 2.17. The van der Waals surface area contributed by atoms with E-state index >= 15 is 0 Å². The van der Waals surface area contributed by atoms with Crippen molar-refractivity contribution in [2.45, 2.75) is 0 Å². The van der Waals surface area contributed by atoms with E-state index in [9.17, 15) is 18.4 Å².